The van der Waals surface area contributed by atoms with E-state index in [-0.39, 0.29) is 11.9 Å². The maximum Gasteiger partial charge on any atom is 0.242 e. The van der Waals surface area contributed by atoms with Crippen molar-refractivity contribution < 1.29 is 4.79 Å². The lowest BCUT2D eigenvalue weighted by molar-refractivity contribution is -0.115. The van der Waals surface area contributed by atoms with Gasteiger partial charge in [0.05, 0.1) is 6.04 Å². The number of hydrogen-bond acceptors (Lipinski definition) is 5. The average molecular weight is 353 g/mol. The lowest BCUT2D eigenvalue weighted by atomic mass is 10.1. The Morgan fingerprint density at radius 1 is 1.04 bits per heavy atom. The van der Waals surface area contributed by atoms with E-state index in [4.69, 9.17) is 0 Å². The molecule has 0 radical (unpaired) electrons. The van der Waals surface area contributed by atoms with Gasteiger partial charge in [-0.05, 0) is 42.0 Å². The second-order valence-electron chi connectivity index (χ2n) is 5.76. The molecule has 0 aliphatic rings. The summed E-state index contributed by atoms with van der Waals surface area (Å²) < 4.78 is 1.72. The van der Waals surface area contributed by atoms with Crippen molar-refractivity contribution in [3.05, 3.63) is 66.2 Å². The second kappa shape index (κ2) is 7.94. The van der Waals surface area contributed by atoms with E-state index in [0.717, 1.165) is 11.3 Å². The molecule has 0 spiro atoms. The van der Waals surface area contributed by atoms with Crippen LogP contribution in [0.1, 0.15) is 30.7 Å². The Morgan fingerprint density at radius 3 is 2.32 bits per heavy atom. The number of carbonyl (C=O) groups excluding carboxylic acids is 1. The van der Waals surface area contributed by atoms with E-state index in [9.17, 15) is 4.79 Å². The molecule has 7 heteroatoms. The zero-order valence-corrected chi connectivity index (χ0v) is 14.9. The fourth-order valence-corrected chi connectivity index (χ4v) is 3.43. The first-order chi connectivity index (χ1) is 12.1. The molecule has 1 aromatic heterocycles. The van der Waals surface area contributed by atoms with Crippen LogP contribution < -0.4 is 5.32 Å². The van der Waals surface area contributed by atoms with Crippen molar-refractivity contribution in [3.8, 4) is 0 Å². The molecule has 3 rings (SSSR count). The van der Waals surface area contributed by atoms with Gasteiger partial charge in [-0.1, -0.05) is 60.3 Å². The lowest BCUT2D eigenvalue weighted by Crippen LogP contribution is -2.19. The van der Waals surface area contributed by atoms with Gasteiger partial charge in [0.1, 0.15) is 5.25 Å². The Balaban J connectivity index is 1.87. The average Bonchev–Trinajstić information content (AvgIpc) is 3.10. The maximum atomic E-state index is 12.9. The van der Waals surface area contributed by atoms with Crippen molar-refractivity contribution >= 4 is 23.4 Å². The van der Waals surface area contributed by atoms with E-state index in [2.05, 4.69) is 20.8 Å². The van der Waals surface area contributed by atoms with Crippen LogP contribution in [0.4, 0.5) is 5.69 Å². The zero-order chi connectivity index (χ0) is 17.6. The number of rotatable bonds is 6. The number of para-hydroxylation sites is 1. The Kier molecular flexibility index (Phi) is 5.45. The summed E-state index contributed by atoms with van der Waals surface area (Å²) in [6, 6.07) is 19.2. The van der Waals surface area contributed by atoms with Crippen molar-refractivity contribution in [2.24, 2.45) is 0 Å². The monoisotopic (exact) mass is 353 g/mol. The molecule has 1 heterocycles. The summed E-state index contributed by atoms with van der Waals surface area (Å²) >= 11 is 1.35. The summed E-state index contributed by atoms with van der Waals surface area (Å²) in [5.41, 5.74) is 1.66. The Labute approximate surface area is 150 Å². The van der Waals surface area contributed by atoms with Crippen LogP contribution in [0.25, 0.3) is 0 Å². The van der Waals surface area contributed by atoms with E-state index in [1.807, 2.05) is 74.5 Å². The van der Waals surface area contributed by atoms with Gasteiger partial charge in [-0.3, -0.25) is 4.79 Å². The highest BCUT2D eigenvalue weighted by Crippen LogP contribution is 2.35. The molecule has 0 saturated heterocycles. The van der Waals surface area contributed by atoms with Crippen LogP contribution in [0.15, 0.2) is 65.8 Å². The molecule has 0 saturated carbocycles. The molecule has 1 atom stereocenters. The van der Waals surface area contributed by atoms with E-state index < -0.39 is 5.25 Å². The second-order valence-corrected chi connectivity index (χ2v) is 6.84. The maximum absolute atomic E-state index is 12.9. The third-order valence-electron chi connectivity index (χ3n) is 3.56. The molecule has 0 aliphatic carbocycles. The summed E-state index contributed by atoms with van der Waals surface area (Å²) in [4.78, 5) is 12.9. The summed E-state index contributed by atoms with van der Waals surface area (Å²) in [7, 11) is 0. The van der Waals surface area contributed by atoms with Crippen molar-refractivity contribution in [2.45, 2.75) is 30.3 Å². The van der Waals surface area contributed by atoms with Gasteiger partial charge in [0.2, 0.25) is 11.1 Å². The molecule has 2 aromatic carbocycles. The third-order valence-corrected chi connectivity index (χ3v) is 4.76. The van der Waals surface area contributed by atoms with Crippen LogP contribution in [0.5, 0.6) is 0 Å². The van der Waals surface area contributed by atoms with Crippen LogP contribution in [-0.4, -0.2) is 26.1 Å². The van der Waals surface area contributed by atoms with E-state index in [0.29, 0.717) is 5.16 Å². The quantitative estimate of drug-likeness (QED) is 0.684. The number of nitrogens with one attached hydrogen (secondary N) is 1. The standard InChI is InChI=1S/C18H19N5OS/c1-13(2)23-18(20-21-22-23)25-16(14-9-5-3-6-10-14)17(24)19-15-11-7-4-8-12-15/h3-13,16H,1-2H3,(H,19,24). The molecule has 1 amide bonds. The number of carbonyl (C=O) groups is 1. The van der Waals surface area contributed by atoms with Crippen LogP contribution in [0.2, 0.25) is 0 Å². The predicted molar refractivity (Wildman–Crippen MR) is 98.3 cm³/mol. The van der Waals surface area contributed by atoms with E-state index in [1.165, 1.54) is 11.8 Å². The Morgan fingerprint density at radius 2 is 1.68 bits per heavy atom. The van der Waals surface area contributed by atoms with Crippen molar-refractivity contribution in [2.75, 3.05) is 5.32 Å². The van der Waals surface area contributed by atoms with E-state index >= 15 is 0 Å². The topological polar surface area (TPSA) is 72.7 Å². The van der Waals surface area contributed by atoms with Gasteiger partial charge in [-0.15, -0.1) is 5.10 Å². The minimum absolute atomic E-state index is 0.110. The highest BCUT2D eigenvalue weighted by molar-refractivity contribution is 8.00. The molecule has 25 heavy (non-hydrogen) atoms. The minimum atomic E-state index is -0.454. The minimum Gasteiger partial charge on any atom is -0.325 e. The number of hydrogen-bond donors (Lipinski definition) is 1. The number of tetrazole rings is 1. The number of thioether (sulfide) groups is 1. The number of nitrogens with zero attached hydrogens (tertiary/aromatic N) is 4. The van der Waals surface area contributed by atoms with Gasteiger partial charge in [0.25, 0.3) is 0 Å². The fraction of sp³-hybridized carbons (Fsp3) is 0.222. The number of amides is 1. The summed E-state index contributed by atoms with van der Waals surface area (Å²) in [5.74, 6) is -0.110. The first-order valence-electron chi connectivity index (χ1n) is 8.00. The van der Waals surface area contributed by atoms with Gasteiger partial charge in [-0.25, -0.2) is 4.68 Å². The summed E-state index contributed by atoms with van der Waals surface area (Å²) in [5, 5.41) is 15.0. The number of aromatic nitrogens is 4. The molecule has 0 aliphatic heterocycles. The van der Waals surface area contributed by atoms with Gasteiger partial charge in [0, 0.05) is 5.69 Å². The Hall–Kier alpha value is -2.67. The molecule has 1 N–H and O–H groups in total. The van der Waals surface area contributed by atoms with Crippen LogP contribution in [0.3, 0.4) is 0 Å². The largest absolute Gasteiger partial charge is 0.325 e. The van der Waals surface area contributed by atoms with Gasteiger partial charge in [0.15, 0.2) is 0 Å². The summed E-state index contributed by atoms with van der Waals surface area (Å²) in [6.45, 7) is 4.00. The Bertz CT molecular complexity index is 820. The molecular formula is C18H19N5OS. The molecular weight excluding hydrogens is 334 g/mol. The molecule has 0 bridgehead atoms. The third kappa shape index (κ3) is 4.24. The molecule has 128 valence electrons. The molecule has 3 aromatic rings. The molecule has 6 nitrogen and oxygen atoms in total. The van der Waals surface area contributed by atoms with Crippen LogP contribution in [0, 0.1) is 0 Å². The number of benzene rings is 2. The first-order valence-corrected chi connectivity index (χ1v) is 8.88. The van der Waals surface area contributed by atoms with Crippen LogP contribution in [-0.2, 0) is 4.79 Å². The fourth-order valence-electron chi connectivity index (χ4n) is 2.32. The van der Waals surface area contributed by atoms with Gasteiger partial charge in [-0.2, -0.15) is 0 Å². The number of anilines is 1. The van der Waals surface area contributed by atoms with Crippen LogP contribution >= 0.6 is 11.8 Å². The molecule has 1 unspecified atom stereocenters. The normalized spacial score (nSPS) is 12.1. The lowest BCUT2D eigenvalue weighted by Gasteiger charge is -2.17. The van der Waals surface area contributed by atoms with Gasteiger partial charge >= 0.3 is 0 Å². The van der Waals surface area contributed by atoms with Crippen molar-refractivity contribution in [1.82, 2.24) is 20.2 Å². The summed E-state index contributed by atoms with van der Waals surface area (Å²) in [6.07, 6.45) is 0. The van der Waals surface area contributed by atoms with E-state index in [1.54, 1.807) is 4.68 Å². The highest BCUT2D eigenvalue weighted by atomic mass is 32.2. The van der Waals surface area contributed by atoms with Crippen molar-refractivity contribution in [3.63, 3.8) is 0 Å². The predicted octanol–water partition coefficient (Wildman–Crippen LogP) is 3.73. The highest BCUT2D eigenvalue weighted by Gasteiger charge is 2.25. The molecule has 0 fully saturated rings. The first kappa shape index (κ1) is 17.2. The van der Waals surface area contributed by atoms with Crippen molar-refractivity contribution in [1.29, 1.82) is 0 Å². The smallest absolute Gasteiger partial charge is 0.242 e. The SMILES string of the molecule is CC(C)n1nnnc1SC(C(=O)Nc1ccccc1)c1ccccc1. The zero-order valence-electron chi connectivity index (χ0n) is 14.0. The van der Waals surface area contributed by atoms with Gasteiger partial charge < -0.3 is 5.32 Å².